The van der Waals surface area contributed by atoms with E-state index in [1.807, 2.05) is 36.4 Å². The number of rotatable bonds is 6. The number of carbonyl (C=O) groups is 1. The Morgan fingerprint density at radius 2 is 1.57 bits per heavy atom. The summed E-state index contributed by atoms with van der Waals surface area (Å²) >= 11 is 0. The van der Waals surface area contributed by atoms with Gasteiger partial charge in [0.25, 0.3) is 0 Å². The second kappa shape index (κ2) is 7.82. The molecule has 1 atom stereocenters. The molecule has 23 heavy (non-hydrogen) atoms. The Labute approximate surface area is 138 Å². The first-order chi connectivity index (χ1) is 11.3. The lowest BCUT2D eigenvalue weighted by atomic mass is 10.0. The van der Waals surface area contributed by atoms with E-state index >= 15 is 0 Å². The van der Waals surface area contributed by atoms with Crippen molar-refractivity contribution in [3.63, 3.8) is 0 Å². The van der Waals surface area contributed by atoms with Crippen molar-refractivity contribution in [3.8, 4) is 0 Å². The second-order valence-electron chi connectivity index (χ2n) is 6.20. The van der Waals surface area contributed by atoms with Gasteiger partial charge < -0.3 is 10.6 Å². The van der Waals surface area contributed by atoms with Crippen LogP contribution in [-0.4, -0.2) is 12.5 Å². The van der Waals surface area contributed by atoms with Crippen LogP contribution in [0.25, 0.3) is 0 Å². The molecule has 0 aromatic heterocycles. The van der Waals surface area contributed by atoms with Crippen molar-refractivity contribution in [2.45, 2.75) is 31.7 Å². The van der Waals surface area contributed by atoms with E-state index in [1.54, 1.807) is 0 Å². The third-order valence-electron chi connectivity index (χ3n) is 4.52. The maximum absolute atomic E-state index is 12.3. The van der Waals surface area contributed by atoms with Crippen LogP contribution in [0.4, 0.5) is 5.69 Å². The highest BCUT2D eigenvalue weighted by Crippen LogP contribution is 2.25. The van der Waals surface area contributed by atoms with Gasteiger partial charge in [-0.3, -0.25) is 4.79 Å². The molecule has 1 fully saturated rings. The summed E-state index contributed by atoms with van der Waals surface area (Å²) in [7, 11) is 0. The zero-order valence-electron chi connectivity index (χ0n) is 13.4. The molecule has 0 spiro atoms. The average molecular weight is 308 g/mol. The van der Waals surface area contributed by atoms with Crippen molar-refractivity contribution in [3.05, 3.63) is 66.2 Å². The predicted molar refractivity (Wildman–Crippen MR) is 94.2 cm³/mol. The van der Waals surface area contributed by atoms with Crippen LogP contribution in [-0.2, 0) is 4.79 Å². The Kier molecular flexibility index (Phi) is 5.30. The number of amides is 1. The number of para-hydroxylation sites is 1. The number of hydrogen-bond donors (Lipinski definition) is 2. The Morgan fingerprint density at radius 1 is 0.957 bits per heavy atom. The predicted octanol–water partition coefficient (Wildman–Crippen LogP) is 4.15. The van der Waals surface area contributed by atoms with Gasteiger partial charge >= 0.3 is 0 Å². The zero-order chi connectivity index (χ0) is 15.9. The van der Waals surface area contributed by atoms with Gasteiger partial charge in [-0.15, -0.1) is 0 Å². The Bertz CT molecular complexity index is 606. The maximum Gasteiger partial charge on any atom is 0.223 e. The van der Waals surface area contributed by atoms with E-state index in [9.17, 15) is 4.79 Å². The standard InChI is InChI=1S/C20H24N2O/c23-20(17-11-7-8-12-17)21-15-19(16-9-3-1-4-10-16)22-18-13-5-2-6-14-18/h1-6,9-10,13-14,17,19,22H,7-8,11-12,15H2,(H,21,23). The zero-order valence-corrected chi connectivity index (χ0v) is 13.4. The highest BCUT2D eigenvalue weighted by atomic mass is 16.1. The van der Waals surface area contributed by atoms with Crippen molar-refractivity contribution >= 4 is 11.6 Å². The van der Waals surface area contributed by atoms with E-state index in [4.69, 9.17) is 0 Å². The molecule has 1 unspecified atom stereocenters. The first kappa shape index (κ1) is 15.6. The molecule has 1 aliphatic carbocycles. The Balaban J connectivity index is 1.66. The lowest BCUT2D eigenvalue weighted by molar-refractivity contribution is -0.124. The van der Waals surface area contributed by atoms with Crippen LogP contribution in [0, 0.1) is 5.92 Å². The molecule has 2 aromatic rings. The highest BCUT2D eigenvalue weighted by molar-refractivity contribution is 5.79. The molecule has 3 nitrogen and oxygen atoms in total. The summed E-state index contributed by atoms with van der Waals surface area (Å²) in [5.74, 6) is 0.418. The number of hydrogen-bond acceptors (Lipinski definition) is 2. The molecule has 1 aliphatic rings. The summed E-state index contributed by atoms with van der Waals surface area (Å²) in [5.41, 5.74) is 2.25. The molecule has 0 bridgehead atoms. The molecule has 1 amide bonds. The van der Waals surface area contributed by atoms with Crippen LogP contribution in [0.1, 0.15) is 37.3 Å². The van der Waals surface area contributed by atoms with Crippen molar-refractivity contribution in [1.29, 1.82) is 0 Å². The topological polar surface area (TPSA) is 41.1 Å². The minimum Gasteiger partial charge on any atom is -0.376 e. The van der Waals surface area contributed by atoms with E-state index in [2.05, 4.69) is 34.9 Å². The second-order valence-corrected chi connectivity index (χ2v) is 6.20. The van der Waals surface area contributed by atoms with Gasteiger partial charge in [-0.05, 0) is 30.5 Å². The third-order valence-corrected chi connectivity index (χ3v) is 4.52. The van der Waals surface area contributed by atoms with Crippen LogP contribution in [0.3, 0.4) is 0 Å². The average Bonchev–Trinajstić information content (AvgIpc) is 3.15. The molecule has 0 radical (unpaired) electrons. The molecule has 3 heteroatoms. The molecule has 120 valence electrons. The lowest BCUT2D eigenvalue weighted by Crippen LogP contribution is -2.35. The SMILES string of the molecule is O=C(NCC(Nc1ccccc1)c1ccccc1)C1CCCC1. The van der Waals surface area contributed by atoms with Gasteiger partial charge in [-0.25, -0.2) is 0 Å². The minimum absolute atomic E-state index is 0.0731. The fraction of sp³-hybridized carbons (Fsp3) is 0.350. The molecule has 0 saturated heterocycles. The molecule has 2 N–H and O–H groups in total. The summed E-state index contributed by atoms with van der Waals surface area (Å²) < 4.78 is 0. The van der Waals surface area contributed by atoms with Crippen LogP contribution in [0.5, 0.6) is 0 Å². The number of carbonyl (C=O) groups excluding carboxylic acids is 1. The normalized spacial score (nSPS) is 16.0. The van der Waals surface area contributed by atoms with Crippen molar-refractivity contribution in [2.75, 3.05) is 11.9 Å². The smallest absolute Gasteiger partial charge is 0.223 e. The van der Waals surface area contributed by atoms with Crippen LogP contribution < -0.4 is 10.6 Å². The van der Waals surface area contributed by atoms with Gasteiger partial charge in [0.1, 0.15) is 0 Å². The third kappa shape index (κ3) is 4.35. The fourth-order valence-electron chi connectivity index (χ4n) is 3.21. The van der Waals surface area contributed by atoms with E-state index in [-0.39, 0.29) is 17.9 Å². The molecule has 0 aliphatic heterocycles. The monoisotopic (exact) mass is 308 g/mol. The Hall–Kier alpha value is -2.29. The Morgan fingerprint density at radius 3 is 2.22 bits per heavy atom. The van der Waals surface area contributed by atoms with Gasteiger partial charge in [-0.2, -0.15) is 0 Å². The first-order valence-corrected chi connectivity index (χ1v) is 8.47. The van der Waals surface area contributed by atoms with Gasteiger partial charge in [-0.1, -0.05) is 61.4 Å². The highest BCUT2D eigenvalue weighted by Gasteiger charge is 2.23. The largest absolute Gasteiger partial charge is 0.376 e. The molecule has 2 aromatic carbocycles. The van der Waals surface area contributed by atoms with Gasteiger partial charge in [0.15, 0.2) is 0 Å². The summed E-state index contributed by atoms with van der Waals surface area (Å²) in [6.45, 7) is 0.605. The fourth-order valence-corrected chi connectivity index (χ4v) is 3.21. The van der Waals surface area contributed by atoms with Gasteiger partial charge in [0.05, 0.1) is 6.04 Å². The maximum atomic E-state index is 12.3. The summed E-state index contributed by atoms with van der Waals surface area (Å²) in [5, 5.41) is 6.67. The van der Waals surface area contributed by atoms with Crippen LogP contribution >= 0.6 is 0 Å². The molecule has 0 heterocycles. The van der Waals surface area contributed by atoms with Crippen molar-refractivity contribution in [2.24, 2.45) is 5.92 Å². The summed E-state index contributed by atoms with van der Waals surface area (Å²) in [6.07, 6.45) is 4.44. The first-order valence-electron chi connectivity index (χ1n) is 8.47. The minimum atomic E-state index is 0.0731. The molecular formula is C20H24N2O. The molecule has 3 rings (SSSR count). The summed E-state index contributed by atoms with van der Waals surface area (Å²) in [4.78, 5) is 12.3. The van der Waals surface area contributed by atoms with E-state index in [0.717, 1.165) is 18.5 Å². The molecule has 1 saturated carbocycles. The van der Waals surface area contributed by atoms with Crippen LogP contribution in [0.2, 0.25) is 0 Å². The lowest BCUT2D eigenvalue weighted by Gasteiger charge is -2.22. The number of benzene rings is 2. The van der Waals surface area contributed by atoms with E-state index in [0.29, 0.717) is 6.54 Å². The quantitative estimate of drug-likeness (QED) is 0.842. The van der Waals surface area contributed by atoms with Crippen molar-refractivity contribution < 1.29 is 4.79 Å². The molecular weight excluding hydrogens is 284 g/mol. The van der Waals surface area contributed by atoms with Gasteiger partial charge in [0.2, 0.25) is 5.91 Å². The van der Waals surface area contributed by atoms with Crippen molar-refractivity contribution in [1.82, 2.24) is 5.32 Å². The van der Waals surface area contributed by atoms with Crippen LogP contribution in [0.15, 0.2) is 60.7 Å². The number of anilines is 1. The van der Waals surface area contributed by atoms with Gasteiger partial charge in [0, 0.05) is 18.2 Å². The van der Waals surface area contributed by atoms with E-state index in [1.165, 1.54) is 18.4 Å². The summed E-state index contributed by atoms with van der Waals surface area (Å²) in [6, 6.07) is 20.5. The van der Waals surface area contributed by atoms with E-state index < -0.39 is 0 Å². The number of nitrogens with one attached hydrogen (secondary N) is 2.